The summed E-state index contributed by atoms with van der Waals surface area (Å²) in [5.74, 6) is 0.427. The molecule has 225 valence electrons. The zero-order valence-corrected chi connectivity index (χ0v) is 26.5. The third kappa shape index (κ3) is 34.6. The molecular weight excluding hydrogens is 474 g/mol. The third-order valence-corrected chi connectivity index (χ3v) is 7.43. The maximum Gasteiger partial charge on any atom is 0.133 e. The number of carbonyl (C=O) groups is 1. The average molecular weight is 542 g/mol. The first-order valence-electron chi connectivity index (χ1n) is 17.2. The highest BCUT2D eigenvalue weighted by molar-refractivity contribution is 5.79. The summed E-state index contributed by atoms with van der Waals surface area (Å²) in [6.07, 6.45) is 52.6. The summed E-state index contributed by atoms with van der Waals surface area (Å²) in [7, 11) is 0. The van der Waals surface area contributed by atoms with Gasteiger partial charge in [-0.2, -0.15) is 0 Å². The van der Waals surface area contributed by atoms with Crippen LogP contribution in [-0.2, 0) is 4.79 Å². The third-order valence-electron chi connectivity index (χ3n) is 7.43. The van der Waals surface area contributed by atoms with Gasteiger partial charge >= 0.3 is 0 Å². The first kappa shape index (κ1) is 37.6. The van der Waals surface area contributed by atoms with Gasteiger partial charge in [-0.25, -0.2) is 0 Å². The van der Waals surface area contributed by atoms with Crippen molar-refractivity contribution in [2.24, 2.45) is 0 Å². The molecule has 0 aromatic carbocycles. The van der Waals surface area contributed by atoms with Gasteiger partial charge < -0.3 is 0 Å². The van der Waals surface area contributed by atoms with E-state index in [0.29, 0.717) is 12.2 Å². The van der Waals surface area contributed by atoms with Crippen molar-refractivity contribution in [1.29, 1.82) is 0 Å². The molecule has 0 atom stereocenters. The van der Waals surface area contributed by atoms with Gasteiger partial charge in [0.05, 0.1) is 0 Å². The molecule has 0 spiro atoms. The van der Waals surface area contributed by atoms with Crippen molar-refractivity contribution in [2.45, 2.75) is 181 Å². The van der Waals surface area contributed by atoms with Crippen LogP contribution < -0.4 is 0 Å². The van der Waals surface area contributed by atoms with Crippen LogP contribution in [0.1, 0.15) is 181 Å². The first-order valence-corrected chi connectivity index (χ1v) is 17.2. The van der Waals surface area contributed by atoms with Crippen LogP contribution in [0.5, 0.6) is 0 Å². The smallest absolute Gasteiger partial charge is 0.133 e. The topological polar surface area (TPSA) is 17.1 Å². The van der Waals surface area contributed by atoms with E-state index in [1.807, 2.05) is 0 Å². The molecule has 0 aliphatic carbocycles. The number of rotatable bonds is 31. The molecular formula is C38H67O. The molecule has 0 aliphatic rings. The Morgan fingerprint density at radius 1 is 0.410 bits per heavy atom. The predicted octanol–water partition coefficient (Wildman–Crippen LogP) is 13.2. The molecule has 1 nitrogen and oxygen atoms in total. The van der Waals surface area contributed by atoms with Crippen LogP contribution in [0.3, 0.4) is 0 Å². The van der Waals surface area contributed by atoms with E-state index in [2.05, 4.69) is 68.9 Å². The highest BCUT2D eigenvalue weighted by atomic mass is 16.3. The summed E-state index contributed by atoms with van der Waals surface area (Å²) in [4.78, 5) is 12.1. The Hall–Kier alpha value is -1.37. The fourth-order valence-corrected chi connectivity index (χ4v) is 4.83. The lowest BCUT2D eigenvalue weighted by Gasteiger charge is -2.03. The normalized spacial score (nSPS) is 12.3. The molecule has 0 aromatic heterocycles. The van der Waals surface area contributed by atoms with Gasteiger partial charge in [0.15, 0.2) is 0 Å². The van der Waals surface area contributed by atoms with E-state index < -0.39 is 0 Å². The van der Waals surface area contributed by atoms with Crippen molar-refractivity contribution in [1.82, 2.24) is 0 Å². The Bertz CT molecular complexity index is 594. The Balaban J connectivity index is 3.34. The molecule has 0 amide bonds. The lowest BCUT2D eigenvalue weighted by atomic mass is 10.0. The predicted molar refractivity (Wildman–Crippen MR) is 177 cm³/mol. The number of allylic oxidation sites excluding steroid dienone is 8. The van der Waals surface area contributed by atoms with E-state index in [4.69, 9.17) is 0 Å². The minimum absolute atomic E-state index is 0.427. The molecule has 0 aromatic rings. The number of ketones is 1. The fourth-order valence-electron chi connectivity index (χ4n) is 4.83. The molecule has 0 aliphatic heterocycles. The first-order chi connectivity index (χ1) is 19.3. The Labute approximate surface area is 246 Å². The molecule has 1 heteroatoms. The zero-order valence-electron chi connectivity index (χ0n) is 26.5. The Morgan fingerprint density at radius 3 is 1.28 bits per heavy atom. The molecule has 0 heterocycles. The van der Waals surface area contributed by atoms with Gasteiger partial charge in [-0.3, -0.25) is 4.79 Å². The van der Waals surface area contributed by atoms with E-state index >= 15 is 0 Å². The van der Waals surface area contributed by atoms with Gasteiger partial charge in [-0.05, 0) is 57.8 Å². The minimum atomic E-state index is 0.427. The van der Waals surface area contributed by atoms with Crippen LogP contribution in [0.2, 0.25) is 0 Å². The molecule has 0 N–H and O–H groups in total. The van der Waals surface area contributed by atoms with Gasteiger partial charge in [0.2, 0.25) is 0 Å². The second-order valence-electron chi connectivity index (χ2n) is 11.4. The van der Waals surface area contributed by atoms with Gasteiger partial charge in [0.25, 0.3) is 0 Å². The molecule has 0 unspecified atom stereocenters. The molecule has 0 saturated carbocycles. The van der Waals surface area contributed by atoms with Crippen LogP contribution in [0.15, 0.2) is 48.6 Å². The molecule has 0 bridgehead atoms. The fraction of sp³-hybridized carbons (Fsp3) is 0.737. The number of unbranched alkanes of at least 4 members (excludes halogenated alkanes) is 19. The number of Topliss-reactive ketones (excluding diaryl/α,β-unsaturated/α-hetero) is 1. The average Bonchev–Trinajstić information content (AvgIpc) is 2.94. The largest absolute Gasteiger partial charge is 0.300 e. The van der Waals surface area contributed by atoms with Gasteiger partial charge in [0, 0.05) is 12.8 Å². The zero-order chi connectivity index (χ0) is 28.3. The van der Waals surface area contributed by atoms with Crippen molar-refractivity contribution in [3.05, 3.63) is 55.0 Å². The quantitative estimate of drug-likeness (QED) is 0.0630. The van der Waals surface area contributed by atoms with Crippen LogP contribution in [-0.4, -0.2) is 5.78 Å². The Kier molecular flexibility index (Phi) is 33.4. The number of carbonyl (C=O) groups excluding carboxylic acids is 1. The van der Waals surface area contributed by atoms with Crippen molar-refractivity contribution in [2.75, 3.05) is 0 Å². The lowest BCUT2D eigenvalue weighted by Crippen LogP contribution is -1.98. The molecule has 1 radical (unpaired) electrons. The van der Waals surface area contributed by atoms with E-state index in [-0.39, 0.29) is 0 Å². The van der Waals surface area contributed by atoms with Crippen LogP contribution in [0.25, 0.3) is 0 Å². The summed E-state index contributed by atoms with van der Waals surface area (Å²) in [5.41, 5.74) is 0. The highest BCUT2D eigenvalue weighted by Crippen LogP contribution is 2.14. The maximum atomic E-state index is 12.1. The second kappa shape index (κ2) is 34.7. The van der Waals surface area contributed by atoms with E-state index in [0.717, 1.165) is 44.9 Å². The summed E-state index contributed by atoms with van der Waals surface area (Å²) in [5, 5.41) is 0. The van der Waals surface area contributed by atoms with Crippen molar-refractivity contribution in [3.8, 4) is 0 Å². The van der Waals surface area contributed by atoms with E-state index in [1.165, 1.54) is 116 Å². The van der Waals surface area contributed by atoms with E-state index in [9.17, 15) is 4.79 Å². The SMILES string of the molecule is CCCCC/C=C\C/C=C\C/C=C\C/C=C\CC[CH]C[14C](=O)CCCCCCCCCCCCCCCCC. The minimum Gasteiger partial charge on any atom is -0.300 e. The maximum absolute atomic E-state index is 12.1. The molecule has 39 heavy (non-hydrogen) atoms. The Morgan fingerprint density at radius 2 is 0.795 bits per heavy atom. The summed E-state index contributed by atoms with van der Waals surface area (Å²) in [6.45, 7) is 4.54. The number of hydrogen-bond donors (Lipinski definition) is 0. The molecule has 0 rings (SSSR count). The summed E-state index contributed by atoms with van der Waals surface area (Å²) in [6, 6.07) is 0. The van der Waals surface area contributed by atoms with Crippen molar-refractivity contribution >= 4 is 5.78 Å². The lowest BCUT2D eigenvalue weighted by molar-refractivity contribution is -0.118. The van der Waals surface area contributed by atoms with Crippen LogP contribution in [0.4, 0.5) is 0 Å². The van der Waals surface area contributed by atoms with Crippen LogP contribution in [0, 0.1) is 6.42 Å². The van der Waals surface area contributed by atoms with E-state index in [1.54, 1.807) is 0 Å². The summed E-state index contributed by atoms with van der Waals surface area (Å²) < 4.78 is 0. The second-order valence-corrected chi connectivity index (χ2v) is 11.4. The standard InChI is InChI=1S/C38H67O/c1-3-5-7-9-11-13-15-17-19-20-21-23-25-27-29-31-33-35-37-38(39)36-34-32-30-28-26-24-22-18-16-14-12-10-8-6-4-2/h11,13,17,19,21,23,27,29,35H,3-10,12,14-16,18,20,22,24-26,28,30-34,36-37H2,1-2H3/b13-11-,19-17-,23-21-,29-27-/i38+2. The molecule has 0 saturated heterocycles. The monoisotopic (exact) mass is 542 g/mol. The molecule has 0 fully saturated rings. The van der Waals surface area contributed by atoms with Gasteiger partial charge in [0.1, 0.15) is 5.78 Å². The van der Waals surface area contributed by atoms with Crippen molar-refractivity contribution in [3.63, 3.8) is 0 Å². The van der Waals surface area contributed by atoms with Gasteiger partial charge in [-0.1, -0.05) is 165 Å². The summed E-state index contributed by atoms with van der Waals surface area (Å²) >= 11 is 0. The van der Waals surface area contributed by atoms with Crippen molar-refractivity contribution < 1.29 is 4.79 Å². The van der Waals surface area contributed by atoms with Gasteiger partial charge in [-0.15, -0.1) is 0 Å². The van der Waals surface area contributed by atoms with Crippen LogP contribution >= 0.6 is 0 Å². The highest BCUT2D eigenvalue weighted by Gasteiger charge is 2.01. The number of hydrogen-bond acceptors (Lipinski definition) is 1.